The van der Waals surface area contributed by atoms with E-state index in [1.807, 2.05) is 30.3 Å². The summed E-state index contributed by atoms with van der Waals surface area (Å²) in [4.78, 5) is 13.7. The lowest BCUT2D eigenvalue weighted by Gasteiger charge is -2.22. The van der Waals surface area contributed by atoms with Gasteiger partial charge in [-0.1, -0.05) is 30.3 Å². The summed E-state index contributed by atoms with van der Waals surface area (Å²) in [6, 6.07) is 9.65. The highest BCUT2D eigenvalue weighted by Crippen LogP contribution is 2.01. The zero-order chi connectivity index (χ0) is 12.8. The normalized spacial score (nSPS) is 20.3. The number of rotatable bonds is 2. The average Bonchev–Trinajstić information content (AvgIpc) is 2.62. The standard InChI is InChI=1S/C13H19N3O2/c14-12-9-16(6-7-18-10-12)13(17)15-8-11-4-2-1-3-5-11/h1-5,12H,6-10,14H2,(H,15,17). The highest BCUT2D eigenvalue weighted by molar-refractivity contribution is 5.74. The molecule has 1 saturated heterocycles. The summed E-state index contributed by atoms with van der Waals surface area (Å²) in [6.07, 6.45) is 0. The molecular formula is C13H19N3O2. The lowest BCUT2D eigenvalue weighted by molar-refractivity contribution is 0.136. The van der Waals surface area contributed by atoms with E-state index in [4.69, 9.17) is 10.5 Å². The Labute approximate surface area is 107 Å². The number of benzene rings is 1. The molecule has 5 heteroatoms. The molecule has 0 aliphatic carbocycles. The highest BCUT2D eigenvalue weighted by atomic mass is 16.5. The molecule has 1 aliphatic rings. The molecule has 0 saturated carbocycles. The van der Waals surface area contributed by atoms with Gasteiger partial charge in [-0.25, -0.2) is 4.79 Å². The zero-order valence-electron chi connectivity index (χ0n) is 10.3. The predicted octanol–water partition coefficient (Wildman–Crippen LogP) is 0.556. The largest absolute Gasteiger partial charge is 0.378 e. The van der Waals surface area contributed by atoms with Crippen LogP contribution in [0.1, 0.15) is 5.56 Å². The van der Waals surface area contributed by atoms with Crippen LogP contribution in [-0.2, 0) is 11.3 Å². The number of nitrogens with one attached hydrogen (secondary N) is 1. The highest BCUT2D eigenvalue weighted by Gasteiger charge is 2.19. The van der Waals surface area contributed by atoms with E-state index in [1.54, 1.807) is 4.90 Å². The topological polar surface area (TPSA) is 67.6 Å². The first-order valence-electron chi connectivity index (χ1n) is 6.16. The van der Waals surface area contributed by atoms with Gasteiger partial charge in [-0.2, -0.15) is 0 Å². The first kappa shape index (κ1) is 12.9. The van der Waals surface area contributed by atoms with Gasteiger partial charge in [0.1, 0.15) is 0 Å². The third-order valence-corrected chi connectivity index (χ3v) is 2.87. The quantitative estimate of drug-likeness (QED) is 0.804. The summed E-state index contributed by atoms with van der Waals surface area (Å²) in [6.45, 7) is 2.73. The molecule has 98 valence electrons. The summed E-state index contributed by atoms with van der Waals surface area (Å²) >= 11 is 0. The molecule has 0 bridgehead atoms. The molecule has 1 fully saturated rings. The van der Waals surface area contributed by atoms with Crippen molar-refractivity contribution < 1.29 is 9.53 Å². The number of nitrogens with zero attached hydrogens (tertiary/aromatic N) is 1. The zero-order valence-corrected chi connectivity index (χ0v) is 10.3. The van der Waals surface area contributed by atoms with Crippen molar-refractivity contribution in [3.05, 3.63) is 35.9 Å². The van der Waals surface area contributed by atoms with Gasteiger partial charge in [0.25, 0.3) is 0 Å². The van der Waals surface area contributed by atoms with Crippen LogP contribution in [0.3, 0.4) is 0 Å². The second-order valence-corrected chi connectivity index (χ2v) is 4.43. The van der Waals surface area contributed by atoms with Crippen molar-refractivity contribution in [2.75, 3.05) is 26.3 Å². The van der Waals surface area contributed by atoms with E-state index in [2.05, 4.69) is 5.32 Å². The van der Waals surface area contributed by atoms with Crippen LogP contribution in [0.4, 0.5) is 4.79 Å². The molecule has 1 aliphatic heterocycles. The molecule has 0 spiro atoms. The van der Waals surface area contributed by atoms with Gasteiger partial charge in [0, 0.05) is 25.7 Å². The average molecular weight is 249 g/mol. The smallest absolute Gasteiger partial charge is 0.317 e. The van der Waals surface area contributed by atoms with Crippen molar-refractivity contribution in [1.29, 1.82) is 0 Å². The number of hydrogen-bond donors (Lipinski definition) is 2. The summed E-state index contributed by atoms with van der Waals surface area (Å²) in [7, 11) is 0. The fraction of sp³-hybridized carbons (Fsp3) is 0.462. The third-order valence-electron chi connectivity index (χ3n) is 2.87. The molecule has 2 rings (SSSR count). The lowest BCUT2D eigenvalue weighted by Crippen LogP contribution is -2.45. The second-order valence-electron chi connectivity index (χ2n) is 4.43. The maximum Gasteiger partial charge on any atom is 0.317 e. The predicted molar refractivity (Wildman–Crippen MR) is 69.0 cm³/mol. The van der Waals surface area contributed by atoms with Crippen LogP contribution in [-0.4, -0.2) is 43.3 Å². The summed E-state index contributed by atoms with van der Waals surface area (Å²) in [5, 5.41) is 2.89. The number of ether oxygens (including phenoxy) is 1. The van der Waals surface area contributed by atoms with Gasteiger partial charge in [-0.05, 0) is 5.56 Å². The molecule has 1 unspecified atom stereocenters. The molecule has 5 nitrogen and oxygen atoms in total. The summed E-state index contributed by atoms with van der Waals surface area (Å²) < 4.78 is 5.30. The number of carbonyl (C=O) groups is 1. The lowest BCUT2D eigenvalue weighted by atomic mass is 10.2. The van der Waals surface area contributed by atoms with Crippen molar-refractivity contribution in [3.63, 3.8) is 0 Å². The van der Waals surface area contributed by atoms with Crippen LogP contribution in [0.25, 0.3) is 0 Å². The van der Waals surface area contributed by atoms with E-state index in [-0.39, 0.29) is 12.1 Å². The van der Waals surface area contributed by atoms with Crippen molar-refractivity contribution in [1.82, 2.24) is 10.2 Å². The molecule has 18 heavy (non-hydrogen) atoms. The van der Waals surface area contributed by atoms with Crippen LogP contribution in [0.5, 0.6) is 0 Å². The molecule has 1 aromatic carbocycles. The van der Waals surface area contributed by atoms with Gasteiger partial charge >= 0.3 is 6.03 Å². The maximum atomic E-state index is 12.0. The van der Waals surface area contributed by atoms with E-state index < -0.39 is 0 Å². The van der Waals surface area contributed by atoms with Crippen LogP contribution in [0.2, 0.25) is 0 Å². The second kappa shape index (κ2) is 6.37. The Morgan fingerprint density at radius 3 is 3.00 bits per heavy atom. The Morgan fingerprint density at radius 2 is 2.22 bits per heavy atom. The maximum absolute atomic E-state index is 12.0. The van der Waals surface area contributed by atoms with Gasteiger partial charge in [-0.15, -0.1) is 0 Å². The van der Waals surface area contributed by atoms with E-state index in [0.717, 1.165) is 5.56 Å². The first-order valence-corrected chi connectivity index (χ1v) is 6.16. The Balaban J connectivity index is 1.83. The Morgan fingerprint density at radius 1 is 1.44 bits per heavy atom. The first-order chi connectivity index (χ1) is 8.75. The third kappa shape index (κ3) is 3.72. The van der Waals surface area contributed by atoms with Gasteiger partial charge < -0.3 is 20.7 Å². The molecule has 3 N–H and O–H groups in total. The van der Waals surface area contributed by atoms with Crippen LogP contribution < -0.4 is 11.1 Å². The molecule has 1 aromatic rings. The Bertz CT molecular complexity index is 383. The van der Waals surface area contributed by atoms with E-state index in [1.165, 1.54) is 0 Å². The van der Waals surface area contributed by atoms with Crippen molar-refractivity contribution in [2.45, 2.75) is 12.6 Å². The van der Waals surface area contributed by atoms with Crippen LogP contribution >= 0.6 is 0 Å². The van der Waals surface area contributed by atoms with Gasteiger partial charge in [0.05, 0.1) is 13.2 Å². The number of amides is 2. The molecule has 2 amide bonds. The van der Waals surface area contributed by atoms with E-state index in [9.17, 15) is 4.79 Å². The number of nitrogens with two attached hydrogens (primary N) is 1. The van der Waals surface area contributed by atoms with Crippen LogP contribution in [0.15, 0.2) is 30.3 Å². The molecular weight excluding hydrogens is 230 g/mol. The van der Waals surface area contributed by atoms with Crippen molar-refractivity contribution in [3.8, 4) is 0 Å². The monoisotopic (exact) mass is 249 g/mol. The number of carbonyl (C=O) groups excluding carboxylic acids is 1. The van der Waals surface area contributed by atoms with Crippen molar-refractivity contribution in [2.24, 2.45) is 5.73 Å². The molecule has 1 atom stereocenters. The number of hydrogen-bond acceptors (Lipinski definition) is 3. The Kier molecular flexibility index (Phi) is 4.55. The molecule has 0 radical (unpaired) electrons. The minimum atomic E-state index is -0.102. The summed E-state index contributed by atoms with van der Waals surface area (Å²) in [5.41, 5.74) is 6.91. The van der Waals surface area contributed by atoms with E-state index >= 15 is 0 Å². The van der Waals surface area contributed by atoms with Gasteiger partial charge in [-0.3, -0.25) is 0 Å². The molecule has 1 heterocycles. The molecule has 0 aromatic heterocycles. The SMILES string of the molecule is NC1COCCN(C(=O)NCc2ccccc2)C1. The van der Waals surface area contributed by atoms with Gasteiger partial charge in [0.15, 0.2) is 0 Å². The van der Waals surface area contributed by atoms with Crippen molar-refractivity contribution >= 4 is 6.03 Å². The van der Waals surface area contributed by atoms with Crippen LogP contribution in [0, 0.1) is 0 Å². The minimum Gasteiger partial charge on any atom is -0.378 e. The summed E-state index contributed by atoms with van der Waals surface area (Å²) in [5.74, 6) is 0. The fourth-order valence-electron chi connectivity index (χ4n) is 1.91. The minimum absolute atomic E-state index is 0.0835. The van der Waals surface area contributed by atoms with Gasteiger partial charge in [0.2, 0.25) is 0 Å². The van der Waals surface area contributed by atoms with E-state index in [0.29, 0.717) is 32.8 Å². The fourth-order valence-corrected chi connectivity index (χ4v) is 1.91. The number of urea groups is 1. The Hall–Kier alpha value is -1.59.